The average Bonchev–Trinajstić information content (AvgIpc) is 2.28. The Bertz CT molecular complexity index is 352. The zero-order valence-corrected chi connectivity index (χ0v) is 9.95. The van der Waals surface area contributed by atoms with Crippen molar-refractivity contribution in [3.63, 3.8) is 0 Å². The Morgan fingerprint density at radius 3 is 2.88 bits per heavy atom. The van der Waals surface area contributed by atoms with Gasteiger partial charge in [-0.15, -0.1) is 6.42 Å². The first-order valence-electron chi connectivity index (χ1n) is 5.76. The summed E-state index contributed by atoms with van der Waals surface area (Å²) in [7, 11) is 0. The van der Waals surface area contributed by atoms with Crippen LogP contribution in [0.25, 0.3) is 0 Å². The Morgan fingerprint density at radius 2 is 2.25 bits per heavy atom. The molecule has 1 rings (SSSR count). The normalized spacial score (nSPS) is 10.3. The molecule has 2 nitrogen and oxygen atoms in total. The zero-order chi connectivity index (χ0) is 11.8. The first kappa shape index (κ1) is 12.6. The molecule has 0 saturated carbocycles. The molecule has 0 saturated heterocycles. The number of hydrogen-bond donors (Lipinski definition) is 1. The Morgan fingerprint density at radius 1 is 1.44 bits per heavy atom. The van der Waals surface area contributed by atoms with E-state index in [1.54, 1.807) is 0 Å². The van der Waals surface area contributed by atoms with Gasteiger partial charge < -0.3 is 5.73 Å². The van der Waals surface area contributed by atoms with Crippen molar-refractivity contribution in [2.45, 2.75) is 19.8 Å². The molecule has 0 bridgehead atoms. The number of benzene rings is 1. The Balaban J connectivity index is 2.32. The lowest BCUT2D eigenvalue weighted by Crippen LogP contribution is -2.25. The van der Waals surface area contributed by atoms with Crippen LogP contribution >= 0.6 is 0 Å². The Hall–Kier alpha value is -1.46. The van der Waals surface area contributed by atoms with Crippen molar-refractivity contribution in [2.75, 3.05) is 25.4 Å². The summed E-state index contributed by atoms with van der Waals surface area (Å²) in [4.78, 5) is 2.27. The van der Waals surface area contributed by atoms with E-state index in [0.29, 0.717) is 0 Å². The number of hydrogen-bond acceptors (Lipinski definition) is 2. The summed E-state index contributed by atoms with van der Waals surface area (Å²) in [6.45, 7) is 4.95. The van der Waals surface area contributed by atoms with Gasteiger partial charge in [-0.05, 0) is 43.6 Å². The summed E-state index contributed by atoms with van der Waals surface area (Å²) in [6.07, 6.45) is 7.49. The van der Waals surface area contributed by atoms with Crippen molar-refractivity contribution >= 4 is 5.69 Å². The Labute approximate surface area is 98.4 Å². The van der Waals surface area contributed by atoms with E-state index in [4.69, 9.17) is 12.2 Å². The lowest BCUT2D eigenvalue weighted by atomic mass is 10.1. The molecule has 2 heteroatoms. The number of nitrogens with two attached hydrogens (primary N) is 1. The number of nitrogens with zero attached hydrogens (tertiary/aromatic N) is 1. The van der Waals surface area contributed by atoms with E-state index in [-0.39, 0.29) is 0 Å². The maximum Gasteiger partial charge on any atom is 0.0598 e. The van der Waals surface area contributed by atoms with Gasteiger partial charge in [-0.2, -0.15) is 0 Å². The lowest BCUT2D eigenvalue weighted by Gasteiger charge is -2.16. The third-order valence-corrected chi connectivity index (χ3v) is 2.65. The van der Waals surface area contributed by atoms with Crippen molar-refractivity contribution in [1.29, 1.82) is 0 Å². The van der Waals surface area contributed by atoms with Crippen LogP contribution in [0.4, 0.5) is 5.69 Å². The fourth-order valence-electron chi connectivity index (χ4n) is 1.73. The van der Waals surface area contributed by atoms with Gasteiger partial charge in [0, 0.05) is 5.69 Å². The minimum absolute atomic E-state index is 0.743. The molecule has 2 N–H and O–H groups in total. The molecule has 0 fully saturated rings. The third-order valence-electron chi connectivity index (χ3n) is 2.65. The standard InChI is InChI=1S/C14H20N2/c1-3-10-16(4-2)11-6-8-13-7-5-9-14(15)12-13/h1,5,7,9,12H,4,6,8,10-11,15H2,2H3. The van der Waals surface area contributed by atoms with Gasteiger partial charge in [-0.25, -0.2) is 0 Å². The molecular formula is C14H20N2. The predicted octanol–water partition coefficient (Wildman–Crippen LogP) is 2.16. The first-order valence-corrected chi connectivity index (χ1v) is 5.76. The average molecular weight is 216 g/mol. The molecule has 1 aromatic carbocycles. The molecule has 1 aromatic rings. The van der Waals surface area contributed by atoms with Crippen LogP contribution in [0, 0.1) is 12.3 Å². The predicted molar refractivity (Wildman–Crippen MR) is 70.1 cm³/mol. The van der Waals surface area contributed by atoms with Gasteiger partial charge >= 0.3 is 0 Å². The van der Waals surface area contributed by atoms with Crippen molar-refractivity contribution in [1.82, 2.24) is 4.90 Å². The van der Waals surface area contributed by atoms with Gasteiger partial charge in [0.05, 0.1) is 6.54 Å². The van der Waals surface area contributed by atoms with Crippen molar-refractivity contribution < 1.29 is 0 Å². The van der Waals surface area contributed by atoms with Crippen molar-refractivity contribution in [3.05, 3.63) is 29.8 Å². The largest absolute Gasteiger partial charge is 0.399 e. The van der Waals surface area contributed by atoms with Gasteiger partial charge in [-0.3, -0.25) is 4.90 Å². The summed E-state index contributed by atoms with van der Waals surface area (Å²) < 4.78 is 0. The number of rotatable bonds is 6. The van der Waals surface area contributed by atoms with E-state index in [0.717, 1.165) is 38.2 Å². The van der Waals surface area contributed by atoms with Gasteiger partial charge in [-0.1, -0.05) is 25.0 Å². The van der Waals surface area contributed by atoms with E-state index < -0.39 is 0 Å². The number of anilines is 1. The SMILES string of the molecule is C#CCN(CC)CCCc1cccc(N)c1. The topological polar surface area (TPSA) is 29.3 Å². The highest BCUT2D eigenvalue weighted by Gasteiger charge is 2.00. The van der Waals surface area contributed by atoms with Crippen LogP contribution in [0.15, 0.2) is 24.3 Å². The van der Waals surface area contributed by atoms with E-state index in [1.807, 2.05) is 18.2 Å². The molecule has 16 heavy (non-hydrogen) atoms. The quantitative estimate of drug-likeness (QED) is 0.583. The Kier molecular flexibility index (Phi) is 5.45. The van der Waals surface area contributed by atoms with Gasteiger partial charge in [0.1, 0.15) is 0 Å². The maximum absolute atomic E-state index is 5.73. The number of nitrogen functional groups attached to an aromatic ring is 1. The second kappa shape index (κ2) is 6.92. The fraction of sp³-hybridized carbons (Fsp3) is 0.429. The summed E-state index contributed by atoms with van der Waals surface area (Å²) in [5.74, 6) is 2.68. The van der Waals surface area contributed by atoms with E-state index in [1.165, 1.54) is 5.56 Å². The van der Waals surface area contributed by atoms with Crippen molar-refractivity contribution in [2.24, 2.45) is 0 Å². The lowest BCUT2D eigenvalue weighted by molar-refractivity contribution is 0.319. The molecule has 0 aliphatic heterocycles. The molecule has 0 amide bonds. The molecule has 0 unspecified atom stereocenters. The molecule has 0 radical (unpaired) electrons. The number of terminal acetylenes is 1. The fourth-order valence-corrected chi connectivity index (χ4v) is 1.73. The van der Waals surface area contributed by atoms with Gasteiger partial charge in [0.2, 0.25) is 0 Å². The maximum atomic E-state index is 5.73. The molecule has 0 aliphatic rings. The van der Waals surface area contributed by atoms with E-state index >= 15 is 0 Å². The molecule has 0 aliphatic carbocycles. The van der Waals surface area contributed by atoms with Crippen LogP contribution in [0.5, 0.6) is 0 Å². The summed E-state index contributed by atoms with van der Waals surface area (Å²) >= 11 is 0. The second-order valence-electron chi connectivity index (χ2n) is 3.92. The monoisotopic (exact) mass is 216 g/mol. The van der Waals surface area contributed by atoms with Crippen LogP contribution in [0.3, 0.4) is 0 Å². The molecule has 0 atom stereocenters. The molecule has 0 spiro atoms. The molecule has 0 heterocycles. The van der Waals surface area contributed by atoms with Crippen LogP contribution in [0.1, 0.15) is 18.9 Å². The molecule has 0 aromatic heterocycles. The highest BCUT2D eigenvalue weighted by molar-refractivity contribution is 5.40. The molecule has 86 valence electrons. The van der Waals surface area contributed by atoms with Gasteiger partial charge in [0.15, 0.2) is 0 Å². The van der Waals surface area contributed by atoms with E-state index in [9.17, 15) is 0 Å². The van der Waals surface area contributed by atoms with Crippen molar-refractivity contribution in [3.8, 4) is 12.3 Å². The summed E-state index contributed by atoms with van der Waals surface area (Å²) in [5.41, 5.74) is 7.87. The summed E-state index contributed by atoms with van der Waals surface area (Å²) in [5, 5.41) is 0. The van der Waals surface area contributed by atoms with Crippen LogP contribution in [-0.2, 0) is 6.42 Å². The zero-order valence-electron chi connectivity index (χ0n) is 9.95. The number of aryl methyl sites for hydroxylation is 1. The second-order valence-corrected chi connectivity index (χ2v) is 3.92. The third kappa shape index (κ3) is 4.37. The highest BCUT2D eigenvalue weighted by atomic mass is 15.1. The smallest absolute Gasteiger partial charge is 0.0598 e. The molecular weight excluding hydrogens is 196 g/mol. The van der Waals surface area contributed by atoms with Gasteiger partial charge in [0.25, 0.3) is 0 Å². The van der Waals surface area contributed by atoms with Crippen LogP contribution in [0.2, 0.25) is 0 Å². The summed E-state index contributed by atoms with van der Waals surface area (Å²) in [6, 6.07) is 8.08. The first-order chi connectivity index (χ1) is 7.76. The van der Waals surface area contributed by atoms with Crippen LogP contribution in [-0.4, -0.2) is 24.5 Å². The minimum atomic E-state index is 0.743. The van der Waals surface area contributed by atoms with Crippen LogP contribution < -0.4 is 5.73 Å². The van der Waals surface area contributed by atoms with E-state index in [2.05, 4.69) is 23.8 Å². The highest BCUT2D eigenvalue weighted by Crippen LogP contribution is 2.09. The minimum Gasteiger partial charge on any atom is -0.399 e.